The number of hydrogen-bond donors (Lipinski definition) is 9. The van der Waals surface area contributed by atoms with Crippen LogP contribution in [0.3, 0.4) is 0 Å². The van der Waals surface area contributed by atoms with E-state index in [0.717, 1.165) is 0 Å². The zero-order valence-electron chi connectivity index (χ0n) is 18.5. The molecule has 15 nitrogen and oxygen atoms in total. The molecule has 0 aromatic carbocycles. The molecule has 0 aliphatic carbocycles. The average Bonchev–Trinajstić information content (AvgIpc) is 2.83. The predicted molar refractivity (Wildman–Crippen MR) is 105 cm³/mol. The third kappa shape index (κ3) is 5.39. The average molecular weight is 502 g/mol. The fourth-order valence-corrected chi connectivity index (χ4v) is 4.15. The van der Waals surface area contributed by atoms with Crippen LogP contribution in [0.15, 0.2) is 0 Å². The molecule has 34 heavy (non-hydrogen) atoms. The van der Waals surface area contributed by atoms with E-state index in [-0.39, 0.29) is 0 Å². The Kier molecular flexibility index (Phi) is 9.57. The maximum Gasteiger partial charge on any atom is 0.187 e. The molecule has 3 aliphatic rings. The van der Waals surface area contributed by atoms with E-state index in [4.69, 9.17) is 28.4 Å². The molecule has 0 aromatic rings. The van der Waals surface area contributed by atoms with Crippen molar-refractivity contribution in [1.82, 2.24) is 0 Å². The highest BCUT2D eigenvalue weighted by molar-refractivity contribution is 4.95. The van der Waals surface area contributed by atoms with Crippen LogP contribution in [-0.4, -0.2) is 158 Å². The van der Waals surface area contributed by atoms with Gasteiger partial charge in [-0.1, -0.05) is 0 Å². The van der Waals surface area contributed by atoms with Gasteiger partial charge >= 0.3 is 0 Å². The SMILES string of the molecule is CO[C@H]1O[C@H](CO)[C@@H](O)[C@H](O)[C@@H]1O[C@H]1O[C@H](C)[C@@H](O)[C@H](O[C@H]2O[C@H](CO)[C@@H](O)[C@H](O)[C@H]2O)[C@@H]1O. The molecule has 3 heterocycles. The zero-order chi connectivity index (χ0) is 25.3. The molecule has 0 saturated carbocycles. The molecule has 0 radical (unpaired) electrons. The summed E-state index contributed by atoms with van der Waals surface area (Å²) >= 11 is 0. The van der Waals surface area contributed by atoms with E-state index in [1.165, 1.54) is 14.0 Å². The van der Waals surface area contributed by atoms with Gasteiger partial charge in [-0.3, -0.25) is 0 Å². The van der Waals surface area contributed by atoms with Gasteiger partial charge in [0.05, 0.1) is 19.3 Å². The lowest BCUT2D eigenvalue weighted by atomic mass is 9.96. The van der Waals surface area contributed by atoms with Crippen molar-refractivity contribution in [3.8, 4) is 0 Å². The Labute approximate surface area is 194 Å². The zero-order valence-corrected chi connectivity index (χ0v) is 18.5. The first-order chi connectivity index (χ1) is 16.0. The van der Waals surface area contributed by atoms with Crippen molar-refractivity contribution >= 4 is 0 Å². The van der Waals surface area contributed by atoms with Crippen LogP contribution in [-0.2, 0) is 28.4 Å². The number of rotatable bonds is 7. The third-order valence-electron chi connectivity index (χ3n) is 6.27. The largest absolute Gasteiger partial charge is 0.394 e. The van der Waals surface area contributed by atoms with E-state index in [0.29, 0.717) is 0 Å². The van der Waals surface area contributed by atoms with Gasteiger partial charge < -0.3 is 74.4 Å². The molecule has 0 amide bonds. The van der Waals surface area contributed by atoms with E-state index < -0.39 is 105 Å². The Morgan fingerprint density at radius 1 is 0.559 bits per heavy atom. The maximum atomic E-state index is 10.8. The molecule has 200 valence electrons. The first-order valence-electron chi connectivity index (χ1n) is 10.8. The summed E-state index contributed by atoms with van der Waals surface area (Å²) < 4.78 is 32.4. The molecule has 0 unspecified atom stereocenters. The van der Waals surface area contributed by atoms with E-state index >= 15 is 0 Å². The van der Waals surface area contributed by atoms with Crippen LogP contribution in [0, 0.1) is 0 Å². The van der Waals surface area contributed by atoms with Crippen molar-refractivity contribution in [3.63, 3.8) is 0 Å². The first-order valence-corrected chi connectivity index (χ1v) is 10.8. The van der Waals surface area contributed by atoms with Crippen LogP contribution in [0.1, 0.15) is 6.92 Å². The summed E-state index contributed by atoms with van der Waals surface area (Å²) in [6, 6.07) is 0. The summed E-state index contributed by atoms with van der Waals surface area (Å²) in [7, 11) is 1.23. The van der Waals surface area contributed by atoms with E-state index in [1.54, 1.807) is 0 Å². The van der Waals surface area contributed by atoms with Crippen LogP contribution >= 0.6 is 0 Å². The van der Waals surface area contributed by atoms with Gasteiger partial charge in [0, 0.05) is 7.11 Å². The van der Waals surface area contributed by atoms with Gasteiger partial charge in [0.25, 0.3) is 0 Å². The molecule has 15 heteroatoms. The van der Waals surface area contributed by atoms with Gasteiger partial charge in [-0.05, 0) is 6.92 Å². The van der Waals surface area contributed by atoms with Crippen molar-refractivity contribution in [2.75, 3.05) is 20.3 Å². The third-order valence-corrected chi connectivity index (χ3v) is 6.27. The predicted octanol–water partition coefficient (Wildman–Crippen LogP) is -5.89. The monoisotopic (exact) mass is 502 g/mol. The fraction of sp³-hybridized carbons (Fsp3) is 1.00. The smallest absolute Gasteiger partial charge is 0.187 e. The molecular weight excluding hydrogens is 468 g/mol. The minimum absolute atomic E-state index is 0.606. The summed E-state index contributed by atoms with van der Waals surface area (Å²) in [6.07, 6.45) is -22.4. The number of methoxy groups -OCH3 is 1. The van der Waals surface area contributed by atoms with Crippen LogP contribution in [0.4, 0.5) is 0 Å². The Morgan fingerprint density at radius 3 is 1.62 bits per heavy atom. The molecule has 0 aromatic heterocycles. The van der Waals surface area contributed by atoms with Gasteiger partial charge in [0.2, 0.25) is 0 Å². The van der Waals surface area contributed by atoms with Crippen LogP contribution in [0.5, 0.6) is 0 Å². The summed E-state index contributed by atoms with van der Waals surface area (Å²) in [5, 5.41) is 90.7. The van der Waals surface area contributed by atoms with Crippen molar-refractivity contribution < 1.29 is 74.4 Å². The molecule has 3 aliphatic heterocycles. The second kappa shape index (κ2) is 11.6. The number of aliphatic hydroxyl groups is 9. The van der Waals surface area contributed by atoms with E-state index in [2.05, 4.69) is 0 Å². The van der Waals surface area contributed by atoms with Gasteiger partial charge in [0.1, 0.15) is 67.1 Å². The molecule has 0 spiro atoms. The summed E-state index contributed by atoms with van der Waals surface area (Å²) in [5.74, 6) is 0. The standard InChI is InChI=1S/C19H34O15/c1-5-8(22)15(33-17-13(27)11(25)9(23)6(3-20)31-17)14(28)18(30-5)34-16-12(26)10(24)7(4-21)32-19(16)29-2/h5-28H,3-4H2,1-2H3/t5-,6-,7-,8-,9-,10-,11+,12+,13-,14+,15+,16+,17-,18-,19+/m1/s1. The fourth-order valence-electron chi connectivity index (χ4n) is 4.15. The van der Waals surface area contributed by atoms with E-state index in [9.17, 15) is 46.0 Å². The van der Waals surface area contributed by atoms with Crippen molar-refractivity contribution in [2.45, 2.75) is 99.0 Å². The Balaban J connectivity index is 1.75. The van der Waals surface area contributed by atoms with Crippen LogP contribution in [0.2, 0.25) is 0 Å². The topological polar surface area (TPSA) is 237 Å². The van der Waals surface area contributed by atoms with Gasteiger partial charge in [-0.25, -0.2) is 0 Å². The molecule has 9 N–H and O–H groups in total. The molecule has 15 atom stereocenters. The molecule has 3 rings (SSSR count). The molecule has 0 bridgehead atoms. The van der Waals surface area contributed by atoms with Gasteiger partial charge in [0.15, 0.2) is 18.9 Å². The summed E-state index contributed by atoms with van der Waals surface area (Å²) in [6.45, 7) is 0.112. The lowest BCUT2D eigenvalue weighted by Gasteiger charge is -2.47. The number of ether oxygens (including phenoxy) is 6. The van der Waals surface area contributed by atoms with Crippen molar-refractivity contribution in [3.05, 3.63) is 0 Å². The Morgan fingerprint density at radius 2 is 1.06 bits per heavy atom. The highest BCUT2D eigenvalue weighted by Gasteiger charge is 2.53. The van der Waals surface area contributed by atoms with Gasteiger partial charge in [-0.15, -0.1) is 0 Å². The van der Waals surface area contributed by atoms with Crippen molar-refractivity contribution in [2.24, 2.45) is 0 Å². The van der Waals surface area contributed by atoms with E-state index in [1.807, 2.05) is 0 Å². The lowest BCUT2D eigenvalue weighted by molar-refractivity contribution is -0.381. The second-order valence-corrected chi connectivity index (χ2v) is 8.53. The highest BCUT2D eigenvalue weighted by atomic mass is 16.8. The normalized spacial score (nSPS) is 52.5. The first kappa shape index (κ1) is 28.0. The molecule has 3 fully saturated rings. The second-order valence-electron chi connectivity index (χ2n) is 8.53. The molecule has 3 saturated heterocycles. The van der Waals surface area contributed by atoms with Gasteiger partial charge in [-0.2, -0.15) is 0 Å². The Bertz CT molecular complexity index is 637. The lowest BCUT2D eigenvalue weighted by Crippen LogP contribution is -2.66. The number of hydrogen-bond acceptors (Lipinski definition) is 15. The Hall–Kier alpha value is -0.600. The maximum absolute atomic E-state index is 10.8. The summed E-state index contributed by atoms with van der Waals surface area (Å²) in [5.41, 5.74) is 0. The highest BCUT2D eigenvalue weighted by Crippen LogP contribution is 2.32. The molecular formula is C19H34O15. The van der Waals surface area contributed by atoms with Crippen molar-refractivity contribution in [1.29, 1.82) is 0 Å². The summed E-state index contributed by atoms with van der Waals surface area (Å²) in [4.78, 5) is 0. The minimum Gasteiger partial charge on any atom is -0.394 e. The number of aliphatic hydroxyl groups excluding tert-OH is 9. The van der Waals surface area contributed by atoms with Crippen LogP contribution in [0.25, 0.3) is 0 Å². The quantitative estimate of drug-likeness (QED) is 0.157. The minimum atomic E-state index is -1.79. The van der Waals surface area contributed by atoms with Crippen LogP contribution < -0.4 is 0 Å².